The molecule has 56 valence electrons. The smallest absolute Gasteiger partial charge is 0.243 e. The zero-order valence-electron chi connectivity index (χ0n) is 4.66. The van der Waals surface area contributed by atoms with Gasteiger partial charge in [-0.05, 0) is 0 Å². The number of hydrogen-bond donors (Lipinski definition) is 1. The van der Waals surface area contributed by atoms with Gasteiger partial charge in [0.25, 0.3) is 0 Å². The van der Waals surface area contributed by atoms with Gasteiger partial charge in [-0.2, -0.15) is 13.2 Å². The topological polar surface area (TPSA) is 29.1 Å². The van der Waals surface area contributed by atoms with Crippen molar-refractivity contribution >= 4 is 11.0 Å². The third-order valence-corrected chi connectivity index (χ3v) is 1.03. The fourth-order valence-electron chi connectivity index (χ4n) is 0.183. The first kappa shape index (κ1) is 8.90. The molecule has 0 fully saturated rings. The Bertz CT molecular complexity index is 112. The van der Waals surface area contributed by atoms with Crippen molar-refractivity contribution in [3.05, 3.63) is 0 Å². The molecule has 0 bridgehead atoms. The Balaban J connectivity index is 3.39. The minimum absolute atomic E-state index is 1.14. The number of hydrogen-bond acceptors (Lipinski definition) is 1. The quantitative estimate of drug-likeness (QED) is 0.625. The highest BCUT2D eigenvalue weighted by atomic mass is 32.2. The van der Waals surface area contributed by atoms with Crippen LogP contribution in [-0.4, -0.2) is 23.2 Å². The molecule has 0 heterocycles. The zero-order valence-corrected chi connectivity index (χ0v) is 5.47. The molecule has 0 aromatic heterocycles. The van der Waals surface area contributed by atoms with E-state index in [9.17, 15) is 17.4 Å². The molecule has 0 spiro atoms. The van der Waals surface area contributed by atoms with E-state index in [4.69, 9.17) is 0 Å². The van der Waals surface area contributed by atoms with Gasteiger partial charge in [0, 0.05) is 6.26 Å². The van der Waals surface area contributed by atoms with E-state index in [1.54, 1.807) is 4.72 Å². The minimum Gasteiger partial charge on any atom is -0.243 e. The molecule has 2 nitrogen and oxygen atoms in total. The van der Waals surface area contributed by atoms with E-state index in [1.165, 1.54) is 0 Å². The molecular formula is C3H6F3NOS. The van der Waals surface area contributed by atoms with Crippen LogP contribution >= 0.6 is 0 Å². The van der Waals surface area contributed by atoms with E-state index in [0.717, 1.165) is 6.26 Å². The van der Waals surface area contributed by atoms with Crippen molar-refractivity contribution in [2.45, 2.75) is 6.18 Å². The Morgan fingerprint density at radius 2 is 2.00 bits per heavy atom. The van der Waals surface area contributed by atoms with Gasteiger partial charge in [0.1, 0.15) is 6.54 Å². The largest absolute Gasteiger partial charge is 0.402 e. The fraction of sp³-hybridized carbons (Fsp3) is 1.00. The lowest BCUT2D eigenvalue weighted by molar-refractivity contribution is -0.121. The first-order valence-corrected chi connectivity index (χ1v) is 3.61. The molecule has 0 aromatic carbocycles. The average molecular weight is 161 g/mol. The van der Waals surface area contributed by atoms with Crippen LogP contribution in [0.3, 0.4) is 0 Å². The Hall–Kier alpha value is -0.100. The van der Waals surface area contributed by atoms with Gasteiger partial charge in [-0.15, -0.1) is 0 Å². The number of nitrogens with one attached hydrogen (secondary N) is 1. The summed E-state index contributed by atoms with van der Waals surface area (Å²) in [5, 5.41) is 0. The summed E-state index contributed by atoms with van der Waals surface area (Å²) >= 11 is 0. The van der Waals surface area contributed by atoms with Crippen LogP contribution in [0.5, 0.6) is 0 Å². The molecule has 0 rings (SSSR count). The number of halogens is 3. The molecule has 0 aromatic rings. The SMILES string of the molecule is C[S@](=O)NCC(F)(F)F. The second kappa shape index (κ2) is 3.17. The summed E-state index contributed by atoms with van der Waals surface area (Å²) in [5.74, 6) is 0. The standard InChI is InChI=1S/C3H6F3NOS/c1-9(8)7-2-3(4,5)6/h7H,2H2,1H3/t9-/m0/s1. The average Bonchev–Trinajstić information content (AvgIpc) is 1.59. The van der Waals surface area contributed by atoms with Gasteiger partial charge in [-0.25, -0.2) is 8.93 Å². The van der Waals surface area contributed by atoms with Crippen LogP contribution in [0.15, 0.2) is 0 Å². The van der Waals surface area contributed by atoms with Crippen LogP contribution in [0, 0.1) is 0 Å². The van der Waals surface area contributed by atoms with E-state index in [2.05, 4.69) is 0 Å². The Morgan fingerprint density at radius 1 is 1.56 bits per heavy atom. The highest BCUT2D eigenvalue weighted by Crippen LogP contribution is 2.11. The van der Waals surface area contributed by atoms with E-state index in [-0.39, 0.29) is 0 Å². The summed E-state index contributed by atoms with van der Waals surface area (Å²) in [6.07, 6.45) is -3.13. The van der Waals surface area contributed by atoms with Crippen LogP contribution in [0.1, 0.15) is 0 Å². The van der Waals surface area contributed by atoms with Crippen molar-refractivity contribution in [3.8, 4) is 0 Å². The Morgan fingerprint density at radius 3 is 2.11 bits per heavy atom. The molecule has 0 amide bonds. The molecule has 0 saturated heterocycles. The van der Waals surface area contributed by atoms with Crippen molar-refractivity contribution in [2.24, 2.45) is 0 Å². The van der Waals surface area contributed by atoms with Crippen molar-refractivity contribution in [1.82, 2.24) is 4.72 Å². The van der Waals surface area contributed by atoms with Gasteiger partial charge in [0.2, 0.25) is 0 Å². The van der Waals surface area contributed by atoms with Crippen molar-refractivity contribution in [3.63, 3.8) is 0 Å². The molecule has 0 aliphatic heterocycles. The first-order chi connectivity index (χ1) is 3.92. The van der Waals surface area contributed by atoms with Crippen LogP contribution in [-0.2, 0) is 11.0 Å². The predicted molar refractivity (Wildman–Crippen MR) is 28.1 cm³/mol. The first-order valence-electron chi connectivity index (χ1n) is 2.05. The van der Waals surface area contributed by atoms with Crippen LogP contribution in [0.2, 0.25) is 0 Å². The van der Waals surface area contributed by atoms with Crippen molar-refractivity contribution in [1.29, 1.82) is 0 Å². The Kier molecular flexibility index (Phi) is 3.13. The van der Waals surface area contributed by atoms with E-state index < -0.39 is 23.7 Å². The molecule has 0 radical (unpaired) electrons. The summed E-state index contributed by atoms with van der Waals surface area (Å²) in [6, 6.07) is 0. The third kappa shape index (κ3) is 7.90. The van der Waals surface area contributed by atoms with Gasteiger partial charge < -0.3 is 0 Å². The maximum Gasteiger partial charge on any atom is 0.402 e. The van der Waals surface area contributed by atoms with Crippen LogP contribution < -0.4 is 4.72 Å². The second-order valence-electron chi connectivity index (χ2n) is 1.39. The molecule has 6 heteroatoms. The van der Waals surface area contributed by atoms with Gasteiger partial charge in [-0.1, -0.05) is 0 Å². The van der Waals surface area contributed by atoms with E-state index in [1.807, 2.05) is 0 Å². The predicted octanol–water partition coefficient (Wildman–Crippen LogP) is 0.432. The molecule has 9 heavy (non-hydrogen) atoms. The normalized spacial score (nSPS) is 15.6. The van der Waals surface area contributed by atoms with Gasteiger partial charge >= 0.3 is 6.18 Å². The van der Waals surface area contributed by atoms with E-state index >= 15 is 0 Å². The molecule has 0 aliphatic carbocycles. The maximum absolute atomic E-state index is 11.2. The summed E-state index contributed by atoms with van der Waals surface area (Å²) in [6.45, 7) is -1.20. The summed E-state index contributed by atoms with van der Waals surface area (Å²) in [5.41, 5.74) is 0. The molecule has 1 N–H and O–H groups in total. The molecule has 0 saturated carbocycles. The Labute approximate surface area is 53.0 Å². The summed E-state index contributed by atoms with van der Waals surface area (Å²) in [7, 11) is -1.58. The summed E-state index contributed by atoms with van der Waals surface area (Å²) in [4.78, 5) is 0. The highest BCUT2D eigenvalue weighted by molar-refractivity contribution is 7.82. The molecule has 1 atom stereocenters. The lowest BCUT2D eigenvalue weighted by Crippen LogP contribution is -2.29. The highest BCUT2D eigenvalue weighted by Gasteiger charge is 2.26. The maximum atomic E-state index is 11.2. The number of rotatable bonds is 2. The van der Waals surface area contributed by atoms with Crippen LogP contribution in [0.25, 0.3) is 0 Å². The second-order valence-corrected chi connectivity index (χ2v) is 2.59. The zero-order chi connectivity index (χ0) is 7.49. The molecule has 0 unspecified atom stereocenters. The van der Waals surface area contributed by atoms with Gasteiger partial charge in [0.05, 0.1) is 11.0 Å². The van der Waals surface area contributed by atoms with Gasteiger partial charge in [-0.3, -0.25) is 0 Å². The monoisotopic (exact) mass is 161 g/mol. The minimum atomic E-state index is -4.27. The number of alkyl halides is 3. The van der Waals surface area contributed by atoms with E-state index in [0.29, 0.717) is 0 Å². The molecular weight excluding hydrogens is 155 g/mol. The van der Waals surface area contributed by atoms with Crippen molar-refractivity contribution in [2.75, 3.05) is 12.8 Å². The summed E-state index contributed by atoms with van der Waals surface area (Å²) < 4.78 is 45.4. The lowest BCUT2D eigenvalue weighted by atomic mass is 10.7. The lowest BCUT2D eigenvalue weighted by Gasteiger charge is -2.03. The fourth-order valence-corrected chi connectivity index (χ4v) is 0.550. The van der Waals surface area contributed by atoms with Crippen LogP contribution in [0.4, 0.5) is 13.2 Å². The molecule has 0 aliphatic rings. The van der Waals surface area contributed by atoms with Gasteiger partial charge in [0.15, 0.2) is 0 Å². The van der Waals surface area contributed by atoms with Crippen molar-refractivity contribution < 1.29 is 17.4 Å². The third-order valence-electron chi connectivity index (χ3n) is 0.476.